The highest BCUT2D eigenvalue weighted by atomic mass is 35.5. The maximum absolute atomic E-state index is 12.9. The number of morpholine rings is 1. The molecular formula is C16H24ClN3O4S. The van der Waals surface area contributed by atoms with E-state index in [9.17, 15) is 13.2 Å². The molecule has 2 heterocycles. The number of anilines is 1. The predicted molar refractivity (Wildman–Crippen MR) is 97.8 cm³/mol. The molecule has 0 aromatic heterocycles. The average Bonchev–Trinajstić information content (AvgIpc) is 2.97. The lowest BCUT2D eigenvalue weighted by molar-refractivity contribution is -0.126. The first-order valence-corrected chi connectivity index (χ1v) is 9.71. The van der Waals surface area contributed by atoms with Gasteiger partial charge in [0, 0.05) is 25.3 Å². The van der Waals surface area contributed by atoms with Gasteiger partial charge in [-0.1, -0.05) is 13.0 Å². The van der Waals surface area contributed by atoms with E-state index in [1.165, 1.54) is 0 Å². The number of halogens is 1. The Labute approximate surface area is 154 Å². The van der Waals surface area contributed by atoms with Crippen molar-refractivity contribution in [2.45, 2.75) is 37.3 Å². The fraction of sp³-hybridized carbons (Fsp3) is 0.562. The number of sulfonamides is 1. The van der Waals surface area contributed by atoms with Gasteiger partial charge in [0.15, 0.2) is 0 Å². The van der Waals surface area contributed by atoms with Crippen molar-refractivity contribution in [3.05, 3.63) is 23.8 Å². The number of rotatable bonds is 4. The van der Waals surface area contributed by atoms with Gasteiger partial charge in [-0.05, 0) is 31.0 Å². The van der Waals surface area contributed by atoms with Crippen LogP contribution in [-0.2, 0) is 26.0 Å². The molecule has 2 aliphatic heterocycles. The van der Waals surface area contributed by atoms with Crippen LogP contribution >= 0.6 is 12.4 Å². The second-order valence-electron chi connectivity index (χ2n) is 6.04. The van der Waals surface area contributed by atoms with Crippen molar-refractivity contribution < 1.29 is 17.9 Å². The second-order valence-corrected chi connectivity index (χ2v) is 7.81. The second kappa shape index (κ2) is 8.01. The van der Waals surface area contributed by atoms with Gasteiger partial charge in [-0.25, -0.2) is 13.1 Å². The van der Waals surface area contributed by atoms with E-state index in [0.717, 1.165) is 12.0 Å². The Morgan fingerprint density at radius 3 is 2.88 bits per heavy atom. The number of carbonyl (C=O) groups excluding carboxylic acids is 1. The van der Waals surface area contributed by atoms with E-state index in [4.69, 9.17) is 4.74 Å². The standard InChI is InChI=1S/C16H23N3O4S.ClH/c1-3-18-24(21,22)13-5-4-12-6-8-19(14(12)10-13)16(20)15-11(2)23-9-7-17-15;/h4-5,10-11,15,17-18H,3,6-9H2,1-2H3;1H/t11-,15+;/m1./s1. The summed E-state index contributed by atoms with van der Waals surface area (Å²) in [5.74, 6) is -0.0704. The predicted octanol–water partition coefficient (Wildman–Crippen LogP) is 0.673. The molecule has 0 unspecified atom stereocenters. The number of nitrogens with zero attached hydrogens (tertiary/aromatic N) is 1. The SMILES string of the molecule is CCNS(=O)(=O)c1ccc2c(c1)N(C(=O)[C@H]1NCCO[C@@H]1C)CC2.Cl. The van der Waals surface area contributed by atoms with E-state index >= 15 is 0 Å². The molecule has 0 aliphatic carbocycles. The van der Waals surface area contributed by atoms with Crippen LogP contribution in [0.25, 0.3) is 0 Å². The first-order valence-electron chi connectivity index (χ1n) is 8.23. The smallest absolute Gasteiger partial charge is 0.246 e. The normalized spacial score (nSPS) is 23.0. The molecule has 1 saturated heterocycles. The molecule has 1 fully saturated rings. The summed E-state index contributed by atoms with van der Waals surface area (Å²) in [6.07, 6.45) is 0.522. The Morgan fingerprint density at radius 2 is 2.20 bits per heavy atom. The van der Waals surface area contributed by atoms with Crippen LogP contribution in [0.5, 0.6) is 0 Å². The molecule has 25 heavy (non-hydrogen) atoms. The minimum atomic E-state index is -3.54. The van der Waals surface area contributed by atoms with Crippen LogP contribution in [0.4, 0.5) is 5.69 Å². The number of nitrogens with one attached hydrogen (secondary N) is 2. The summed E-state index contributed by atoms with van der Waals surface area (Å²) in [6.45, 7) is 5.71. The number of fused-ring (bicyclic) bond motifs is 1. The summed E-state index contributed by atoms with van der Waals surface area (Å²) >= 11 is 0. The van der Waals surface area contributed by atoms with E-state index in [1.807, 2.05) is 6.92 Å². The first-order chi connectivity index (χ1) is 11.4. The molecule has 0 spiro atoms. The van der Waals surface area contributed by atoms with Crippen LogP contribution in [0.1, 0.15) is 19.4 Å². The van der Waals surface area contributed by atoms with Gasteiger partial charge in [0.05, 0.1) is 17.6 Å². The lowest BCUT2D eigenvalue weighted by Gasteiger charge is -2.32. The van der Waals surface area contributed by atoms with Gasteiger partial charge in [-0.2, -0.15) is 0 Å². The third-order valence-corrected chi connectivity index (χ3v) is 5.99. The molecule has 2 aliphatic rings. The Kier molecular flexibility index (Phi) is 6.45. The Morgan fingerprint density at radius 1 is 1.44 bits per heavy atom. The maximum atomic E-state index is 12.9. The van der Waals surface area contributed by atoms with Gasteiger partial charge < -0.3 is 15.0 Å². The molecule has 1 aromatic carbocycles. The Bertz CT molecular complexity index is 741. The van der Waals surface area contributed by atoms with Gasteiger partial charge >= 0.3 is 0 Å². The topological polar surface area (TPSA) is 87.7 Å². The molecule has 140 valence electrons. The first kappa shape index (κ1) is 20.1. The monoisotopic (exact) mass is 389 g/mol. The van der Waals surface area contributed by atoms with Crippen LogP contribution in [0, 0.1) is 0 Å². The highest BCUT2D eigenvalue weighted by Gasteiger charge is 2.35. The molecule has 7 nitrogen and oxygen atoms in total. The summed E-state index contributed by atoms with van der Waals surface area (Å²) in [4.78, 5) is 14.7. The molecule has 0 saturated carbocycles. The summed E-state index contributed by atoms with van der Waals surface area (Å²) in [6, 6.07) is 4.57. The number of ether oxygens (including phenoxy) is 1. The fourth-order valence-corrected chi connectivity index (χ4v) is 4.27. The molecule has 0 bridgehead atoms. The van der Waals surface area contributed by atoms with Crippen LogP contribution < -0.4 is 14.9 Å². The van der Waals surface area contributed by atoms with Crippen LogP contribution in [0.2, 0.25) is 0 Å². The molecule has 9 heteroatoms. The van der Waals surface area contributed by atoms with E-state index in [-0.39, 0.29) is 29.3 Å². The average molecular weight is 390 g/mol. The number of benzene rings is 1. The summed E-state index contributed by atoms with van der Waals surface area (Å²) in [5, 5.41) is 3.19. The van der Waals surface area contributed by atoms with Gasteiger partial charge in [0.2, 0.25) is 15.9 Å². The lowest BCUT2D eigenvalue weighted by Crippen LogP contribution is -2.56. The number of hydrogen-bond donors (Lipinski definition) is 2. The zero-order valence-corrected chi connectivity index (χ0v) is 16.0. The number of hydrogen-bond acceptors (Lipinski definition) is 5. The molecule has 0 radical (unpaired) electrons. The molecule has 1 amide bonds. The number of carbonyl (C=O) groups is 1. The van der Waals surface area contributed by atoms with Crippen LogP contribution in [0.3, 0.4) is 0 Å². The van der Waals surface area contributed by atoms with Crippen molar-refractivity contribution in [3.63, 3.8) is 0 Å². The minimum Gasteiger partial charge on any atom is -0.375 e. The van der Waals surface area contributed by atoms with E-state index in [1.54, 1.807) is 30.0 Å². The summed E-state index contributed by atoms with van der Waals surface area (Å²) in [5.41, 5.74) is 1.67. The third-order valence-electron chi connectivity index (χ3n) is 4.45. The van der Waals surface area contributed by atoms with Crippen LogP contribution in [-0.4, -0.2) is 52.7 Å². The number of amides is 1. The lowest BCUT2D eigenvalue weighted by atomic mass is 10.1. The largest absolute Gasteiger partial charge is 0.375 e. The van der Waals surface area contributed by atoms with E-state index in [0.29, 0.717) is 31.9 Å². The van der Waals surface area contributed by atoms with Crippen LogP contribution in [0.15, 0.2) is 23.1 Å². The highest BCUT2D eigenvalue weighted by molar-refractivity contribution is 7.89. The molecular weight excluding hydrogens is 366 g/mol. The quantitative estimate of drug-likeness (QED) is 0.790. The van der Waals surface area contributed by atoms with Crippen molar-refractivity contribution in [3.8, 4) is 0 Å². The van der Waals surface area contributed by atoms with Gasteiger partial charge in [-0.3, -0.25) is 4.79 Å². The Balaban J connectivity index is 0.00000225. The maximum Gasteiger partial charge on any atom is 0.246 e. The van der Waals surface area contributed by atoms with Gasteiger partial charge in [0.25, 0.3) is 0 Å². The minimum absolute atomic E-state index is 0. The summed E-state index contributed by atoms with van der Waals surface area (Å²) in [7, 11) is -3.54. The van der Waals surface area contributed by atoms with E-state index in [2.05, 4.69) is 10.0 Å². The molecule has 2 N–H and O–H groups in total. The van der Waals surface area contributed by atoms with Crippen molar-refractivity contribution in [2.24, 2.45) is 0 Å². The zero-order valence-electron chi connectivity index (χ0n) is 14.3. The van der Waals surface area contributed by atoms with Gasteiger partial charge in [-0.15, -0.1) is 12.4 Å². The molecule has 1 aromatic rings. The van der Waals surface area contributed by atoms with E-state index < -0.39 is 16.1 Å². The van der Waals surface area contributed by atoms with Crippen molar-refractivity contribution in [1.29, 1.82) is 0 Å². The van der Waals surface area contributed by atoms with Gasteiger partial charge in [0.1, 0.15) is 6.04 Å². The van der Waals surface area contributed by atoms with Crippen molar-refractivity contribution >= 4 is 34.0 Å². The van der Waals surface area contributed by atoms with Crippen molar-refractivity contribution in [2.75, 3.05) is 31.1 Å². The zero-order chi connectivity index (χ0) is 17.3. The molecule has 3 rings (SSSR count). The molecule has 2 atom stereocenters. The Hall–Kier alpha value is -1.19. The van der Waals surface area contributed by atoms with Crippen molar-refractivity contribution in [1.82, 2.24) is 10.0 Å². The third kappa shape index (κ3) is 3.98. The summed E-state index contributed by atoms with van der Waals surface area (Å²) < 4.78 is 32.5. The fourth-order valence-electron chi connectivity index (χ4n) is 3.21. The highest BCUT2D eigenvalue weighted by Crippen LogP contribution is 2.31.